The summed E-state index contributed by atoms with van der Waals surface area (Å²) in [6.45, 7) is 4.35. The van der Waals surface area contributed by atoms with Crippen molar-refractivity contribution >= 4 is 0 Å². The van der Waals surface area contributed by atoms with Crippen molar-refractivity contribution < 1.29 is 0 Å². The maximum atomic E-state index is 3.42. The molecule has 0 aliphatic heterocycles. The summed E-state index contributed by atoms with van der Waals surface area (Å²) in [4.78, 5) is 0. The van der Waals surface area contributed by atoms with E-state index in [1.54, 1.807) is 0 Å². The van der Waals surface area contributed by atoms with Gasteiger partial charge in [-0.05, 0) is 56.0 Å². The standard InChI is InChI=1S/C18H21N/c1-12-9-13(2)11-14(10-12)15-5-4-6-17-16(15)7-8-18(17)19-3/h4-6,9-11,18-19H,7-8H2,1-3H3. The van der Waals surface area contributed by atoms with Crippen LogP contribution in [-0.4, -0.2) is 7.05 Å². The van der Waals surface area contributed by atoms with E-state index in [1.807, 2.05) is 0 Å². The first-order valence-corrected chi connectivity index (χ1v) is 7.07. The van der Waals surface area contributed by atoms with Crippen molar-refractivity contribution in [3.8, 4) is 11.1 Å². The van der Waals surface area contributed by atoms with E-state index in [9.17, 15) is 0 Å². The third-order valence-corrected chi connectivity index (χ3v) is 4.15. The van der Waals surface area contributed by atoms with Gasteiger partial charge in [-0.1, -0.05) is 47.5 Å². The van der Waals surface area contributed by atoms with E-state index in [4.69, 9.17) is 0 Å². The van der Waals surface area contributed by atoms with E-state index in [-0.39, 0.29) is 0 Å². The van der Waals surface area contributed by atoms with Gasteiger partial charge in [0.05, 0.1) is 0 Å². The minimum absolute atomic E-state index is 0.529. The molecule has 98 valence electrons. The Kier molecular flexibility index (Phi) is 3.16. The number of rotatable bonds is 2. The second-order valence-electron chi connectivity index (χ2n) is 5.63. The van der Waals surface area contributed by atoms with Gasteiger partial charge in [-0.25, -0.2) is 0 Å². The molecule has 19 heavy (non-hydrogen) atoms. The molecule has 0 saturated carbocycles. The molecule has 1 atom stereocenters. The minimum atomic E-state index is 0.529. The average Bonchev–Trinajstić information content (AvgIpc) is 2.80. The van der Waals surface area contributed by atoms with Crippen molar-refractivity contribution in [3.63, 3.8) is 0 Å². The summed E-state index contributed by atoms with van der Waals surface area (Å²) in [5.74, 6) is 0. The molecule has 1 aliphatic rings. The van der Waals surface area contributed by atoms with E-state index in [0.29, 0.717) is 6.04 Å². The zero-order valence-electron chi connectivity index (χ0n) is 12.0. The summed E-state index contributed by atoms with van der Waals surface area (Å²) in [7, 11) is 2.06. The molecule has 1 unspecified atom stereocenters. The van der Waals surface area contributed by atoms with Crippen molar-refractivity contribution in [3.05, 3.63) is 58.7 Å². The Hall–Kier alpha value is -1.60. The van der Waals surface area contributed by atoms with Crippen LogP contribution in [0.5, 0.6) is 0 Å². The first-order valence-electron chi connectivity index (χ1n) is 7.07. The van der Waals surface area contributed by atoms with Crippen LogP contribution in [0.2, 0.25) is 0 Å². The lowest BCUT2D eigenvalue weighted by Gasteiger charge is -2.13. The normalized spacial score (nSPS) is 17.5. The van der Waals surface area contributed by atoms with Crippen LogP contribution in [0.25, 0.3) is 11.1 Å². The van der Waals surface area contributed by atoms with Crippen molar-refractivity contribution in [2.24, 2.45) is 0 Å². The van der Waals surface area contributed by atoms with Crippen LogP contribution in [0, 0.1) is 13.8 Å². The van der Waals surface area contributed by atoms with Crippen LogP contribution < -0.4 is 5.32 Å². The smallest absolute Gasteiger partial charge is 0.0323 e. The Morgan fingerprint density at radius 1 is 1.05 bits per heavy atom. The van der Waals surface area contributed by atoms with Crippen LogP contribution in [0.1, 0.15) is 34.7 Å². The Morgan fingerprint density at radius 2 is 1.79 bits per heavy atom. The number of fused-ring (bicyclic) bond motifs is 1. The molecule has 0 spiro atoms. The van der Waals surface area contributed by atoms with Crippen LogP contribution in [0.3, 0.4) is 0 Å². The Bertz CT molecular complexity index is 593. The molecule has 1 aliphatic carbocycles. The van der Waals surface area contributed by atoms with E-state index in [0.717, 1.165) is 0 Å². The summed E-state index contributed by atoms with van der Waals surface area (Å²) in [6, 6.07) is 14.1. The van der Waals surface area contributed by atoms with Crippen molar-refractivity contribution in [1.29, 1.82) is 0 Å². The summed E-state index contributed by atoms with van der Waals surface area (Å²) in [5.41, 5.74) is 8.49. The van der Waals surface area contributed by atoms with Gasteiger partial charge >= 0.3 is 0 Å². The Balaban J connectivity index is 2.14. The monoisotopic (exact) mass is 251 g/mol. The molecule has 2 aromatic rings. The van der Waals surface area contributed by atoms with Crippen LogP contribution in [-0.2, 0) is 6.42 Å². The number of benzene rings is 2. The number of hydrogen-bond acceptors (Lipinski definition) is 1. The predicted molar refractivity (Wildman–Crippen MR) is 81.5 cm³/mol. The molecule has 0 aromatic heterocycles. The molecule has 0 amide bonds. The number of nitrogens with one attached hydrogen (secondary N) is 1. The zero-order chi connectivity index (χ0) is 13.4. The van der Waals surface area contributed by atoms with E-state index < -0.39 is 0 Å². The van der Waals surface area contributed by atoms with Crippen LogP contribution in [0.15, 0.2) is 36.4 Å². The highest BCUT2D eigenvalue weighted by Gasteiger charge is 2.23. The topological polar surface area (TPSA) is 12.0 Å². The van der Waals surface area contributed by atoms with E-state index in [1.165, 1.54) is 46.2 Å². The molecular weight excluding hydrogens is 230 g/mol. The second kappa shape index (κ2) is 4.82. The predicted octanol–water partition coefficient (Wildman–Crippen LogP) is 4.18. The molecule has 2 aromatic carbocycles. The van der Waals surface area contributed by atoms with Gasteiger partial charge in [0, 0.05) is 6.04 Å². The highest BCUT2D eigenvalue weighted by atomic mass is 14.9. The highest BCUT2D eigenvalue weighted by Crippen LogP contribution is 2.37. The quantitative estimate of drug-likeness (QED) is 0.844. The summed E-state index contributed by atoms with van der Waals surface area (Å²) in [6.07, 6.45) is 2.40. The lowest BCUT2D eigenvalue weighted by molar-refractivity contribution is 0.590. The van der Waals surface area contributed by atoms with Crippen LogP contribution in [0.4, 0.5) is 0 Å². The first kappa shape index (κ1) is 12.4. The number of hydrogen-bond donors (Lipinski definition) is 1. The molecule has 0 heterocycles. The number of aryl methyl sites for hydroxylation is 2. The van der Waals surface area contributed by atoms with Gasteiger partial charge < -0.3 is 5.32 Å². The fourth-order valence-electron chi connectivity index (χ4n) is 3.35. The highest BCUT2D eigenvalue weighted by molar-refractivity contribution is 5.71. The lowest BCUT2D eigenvalue weighted by Crippen LogP contribution is -2.12. The summed E-state index contributed by atoms with van der Waals surface area (Å²) >= 11 is 0. The zero-order valence-corrected chi connectivity index (χ0v) is 12.0. The van der Waals surface area contributed by atoms with Gasteiger partial charge in [0.2, 0.25) is 0 Å². The summed E-state index contributed by atoms with van der Waals surface area (Å²) < 4.78 is 0. The molecule has 0 radical (unpaired) electrons. The van der Waals surface area contributed by atoms with Crippen molar-refractivity contribution in [1.82, 2.24) is 5.32 Å². The Morgan fingerprint density at radius 3 is 2.47 bits per heavy atom. The molecule has 1 heteroatoms. The van der Waals surface area contributed by atoms with Gasteiger partial charge in [-0.3, -0.25) is 0 Å². The van der Waals surface area contributed by atoms with Crippen LogP contribution >= 0.6 is 0 Å². The molecule has 1 N–H and O–H groups in total. The van der Waals surface area contributed by atoms with Crippen molar-refractivity contribution in [2.45, 2.75) is 32.7 Å². The largest absolute Gasteiger partial charge is 0.313 e. The van der Waals surface area contributed by atoms with Crippen molar-refractivity contribution in [2.75, 3.05) is 7.05 Å². The fourth-order valence-corrected chi connectivity index (χ4v) is 3.35. The fraction of sp³-hybridized carbons (Fsp3) is 0.333. The average molecular weight is 251 g/mol. The lowest BCUT2D eigenvalue weighted by atomic mass is 9.94. The summed E-state index contributed by atoms with van der Waals surface area (Å²) in [5, 5.41) is 3.42. The minimum Gasteiger partial charge on any atom is -0.313 e. The molecule has 1 nitrogen and oxygen atoms in total. The first-order chi connectivity index (χ1) is 9.19. The third kappa shape index (κ3) is 2.19. The molecule has 0 saturated heterocycles. The van der Waals surface area contributed by atoms with Gasteiger partial charge in [0.25, 0.3) is 0 Å². The Labute approximate surface area is 115 Å². The second-order valence-corrected chi connectivity index (χ2v) is 5.63. The van der Waals surface area contributed by atoms with Gasteiger partial charge in [0.15, 0.2) is 0 Å². The molecule has 0 bridgehead atoms. The molecule has 3 rings (SSSR count). The van der Waals surface area contributed by atoms with Gasteiger partial charge in [-0.15, -0.1) is 0 Å². The molecule has 0 fully saturated rings. The van der Waals surface area contributed by atoms with E-state index >= 15 is 0 Å². The van der Waals surface area contributed by atoms with E-state index in [2.05, 4.69) is 62.6 Å². The van der Waals surface area contributed by atoms with Gasteiger partial charge in [-0.2, -0.15) is 0 Å². The van der Waals surface area contributed by atoms with Gasteiger partial charge in [0.1, 0.15) is 0 Å². The SMILES string of the molecule is CNC1CCc2c(-c3cc(C)cc(C)c3)cccc21. The maximum absolute atomic E-state index is 3.42. The maximum Gasteiger partial charge on any atom is 0.0323 e. The molecular formula is C18H21N. The third-order valence-electron chi connectivity index (χ3n) is 4.15.